The van der Waals surface area contributed by atoms with Gasteiger partial charge in [-0.1, -0.05) is 20.8 Å². The summed E-state index contributed by atoms with van der Waals surface area (Å²) in [5.41, 5.74) is 0. The van der Waals surface area contributed by atoms with Crippen LogP contribution in [-0.2, 0) is 4.79 Å². The Morgan fingerprint density at radius 3 is 2.53 bits per heavy atom. The zero-order valence-corrected chi connectivity index (χ0v) is 11.4. The van der Waals surface area contributed by atoms with Gasteiger partial charge in [0.2, 0.25) is 5.91 Å². The Bertz CT molecular complexity index is 273. The van der Waals surface area contributed by atoms with Gasteiger partial charge in [-0.05, 0) is 37.6 Å². The maximum absolute atomic E-state index is 12.5. The zero-order chi connectivity index (χ0) is 12.4. The molecule has 0 spiro atoms. The minimum absolute atomic E-state index is 0.225. The van der Waals surface area contributed by atoms with Crippen molar-refractivity contribution in [2.24, 2.45) is 17.8 Å². The quantitative estimate of drug-likeness (QED) is 0.793. The number of nitrogens with zero attached hydrogens (tertiary/aromatic N) is 1. The van der Waals surface area contributed by atoms with Crippen LogP contribution in [0.15, 0.2) is 0 Å². The summed E-state index contributed by atoms with van der Waals surface area (Å²) in [5, 5.41) is 3.33. The van der Waals surface area contributed by atoms with E-state index >= 15 is 0 Å². The van der Waals surface area contributed by atoms with E-state index in [2.05, 4.69) is 31.0 Å². The largest absolute Gasteiger partial charge is 0.339 e. The molecule has 1 aliphatic heterocycles. The van der Waals surface area contributed by atoms with Gasteiger partial charge in [-0.25, -0.2) is 0 Å². The molecule has 0 aromatic heterocycles. The normalized spacial score (nSPS) is 28.7. The van der Waals surface area contributed by atoms with Crippen LogP contribution in [-0.4, -0.2) is 36.5 Å². The number of carbonyl (C=O) groups excluding carboxylic acids is 1. The highest BCUT2D eigenvalue weighted by molar-refractivity contribution is 5.80. The Hall–Kier alpha value is -0.570. The van der Waals surface area contributed by atoms with Crippen molar-refractivity contribution in [2.75, 3.05) is 19.6 Å². The van der Waals surface area contributed by atoms with Crippen molar-refractivity contribution in [3.05, 3.63) is 0 Å². The van der Waals surface area contributed by atoms with Crippen LogP contribution in [0.4, 0.5) is 0 Å². The zero-order valence-electron chi connectivity index (χ0n) is 11.4. The van der Waals surface area contributed by atoms with Crippen molar-refractivity contribution >= 4 is 5.91 Å². The van der Waals surface area contributed by atoms with Crippen LogP contribution >= 0.6 is 0 Å². The highest BCUT2D eigenvalue weighted by atomic mass is 16.2. The van der Waals surface area contributed by atoms with Crippen molar-refractivity contribution in [1.29, 1.82) is 0 Å². The van der Waals surface area contributed by atoms with Crippen molar-refractivity contribution in [2.45, 2.75) is 46.1 Å². The van der Waals surface area contributed by atoms with Gasteiger partial charge in [-0.3, -0.25) is 4.79 Å². The molecule has 2 aliphatic rings. The Kier molecular flexibility index (Phi) is 4.08. The number of rotatable bonds is 5. The van der Waals surface area contributed by atoms with Gasteiger partial charge >= 0.3 is 0 Å². The van der Waals surface area contributed by atoms with E-state index in [1.165, 1.54) is 12.8 Å². The maximum Gasteiger partial charge on any atom is 0.227 e. The first-order valence-electron chi connectivity index (χ1n) is 7.10. The lowest BCUT2D eigenvalue weighted by atomic mass is 9.96. The van der Waals surface area contributed by atoms with Crippen LogP contribution < -0.4 is 5.32 Å². The molecule has 2 atom stereocenters. The molecule has 0 bridgehead atoms. The summed E-state index contributed by atoms with van der Waals surface area (Å²) in [7, 11) is 0. The third-order valence-electron chi connectivity index (χ3n) is 4.05. The maximum atomic E-state index is 12.5. The fraction of sp³-hybridized carbons (Fsp3) is 0.929. The molecule has 17 heavy (non-hydrogen) atoms. The Morgan fingerprint density at radius 2 is 2.06 bits per heavy atom. The number of carbonyl (C=O) groups is 1. The molecule has 1 amide bonds. The molecule has 1 N–H and O–H groups in total. The smallest absolute Gasteiger partial charge is 0.227 e. The van der Waals surface area contributed by atoms with Crippen molar-refractivity contribution in [1.82, 2.24) is 10.2 Å². The topological polar surface area (TPSA) is 32.3 Å². The van der Waals surface area contributed by atoms with Gasteiger partial charge in [0, 0.05) is 19.1 Å². The number of hydrogen-bond donors (Lipinski definition) is 1. The predicted octanol–water partition coefficient (Wildman–Crippen LogP) is 1.88. The summed E-state index contributed by atoms with van der Waals surface area (Å²) < 4.78 is 0. The minimum Gasteiger partial charge on any atom is -0.339 e. The van der Waals surface area contributed by atoms with E-state index in [-0.39, 0.29) is 5.92 Å². The second-order valence-electron chi connectivity index (χ2n) is 6.19. The van der Waals surface area contributed by atoms with E-state index in [9.17, 15) is 4.79 Å². The van der Waals surface area contributed by atoms with Gasteiger partial charge in [0.15, 0.2) is 0 Å². The first kappa shape index (κ1) is 12.9. The van der Waals surface area contributed by atoms with Gasteiger partial charge in [0.05, 0.1) is 5.92 Å². The summed E-state index contributed by atoms with van der Waals surface area (Å²) in [5.74, 6) is 1.82. The lowest BCUT2D eigenvalue weighted by molar-refractivity contribution is -0.136. The van der Waals surface area contributed by atoms with Gasteiger partial charge in [-0.2, -0.15) is 0 Å². The third-order valence-corrected chi connectivity index (χ3v) is 4.05. The van der Waals surface area contributed by atoms with E-state index in [0.717, 1.165) is 26.1 Å². The molecular formula is C14H26N2O. The second-order valence-corrected chi connectivity index (χ2v) is 6.19. The highest BCUT2D eigenvalue weighted by Crippen LogP contribution is 2.30. The lowest BCUT2D eigenvalue weighted by Crippen LogP contribution is -2.41. The molecule has 3 nitrogen and oxygen atoms in total. The van der Waals surface area contributed by atoms with Crippen molar-refractivity contribution in [3.8, 4) is 0 Å². The summed E-state index contributed by atoms with van der Waals surface area (Å²) >= 11 is 0. The Labute approximate surface area is 105 Å². The van der Waals surface area contributed by atoms with E-state index in [0.29, 0.717) is 23.8 Å². The molecular weight excluding hydrogens is 212 g/mol. The standard InChI is InChI=1S/C14H26N2O/c1-10(2)6-7-16(12-4-5-12)14(17)13-9-15-8-11(13)3/h10-13,15H,4-9H2,1-3H3. The van der Waals surface area contributed by atoms with Gasteiger partial charge in [-0.15, -0.1) is 0 Å². The number of hydrogen-bond acceptors (Lipinski definition) is 2. The first-order valence-corrected chi connectivity index (χ1v) is 7.10. The number of amides is 1. The molecule has 1 saturated carbocycles. The van der Waals surface area contributed by atoms with Crippen LogP contribution in [0.25, 0.3) is 0 Å². The minimum atomic E-state index is 0.225. The van der Waals surface area contributed by atoms with E-state index in [4.69, 9.17) is 0 Å². The molecule has 3 heteroatoms. The summed E-state index contributed by atoms with van der Waals surface area (Å²) in [4.78, 5) is 14.7. The van der Waals surface area contributed by atoms with E-state index < -0.39 is 0 Å². The molecule has 98 valence electrons. The molecule has 1 saturated heterocycles. The molecule has 2 rings (SSSR count). The summed E-state index contributed by atoms with van der Waals surface area (Å²) in [6.45, 7) is 9.50. The van der Waals surface area contributed by atoms with Crippen LogP contribution in [0.2, 0.25) is 0 Å². The Balaban J connectivity index is 1.92. The second kappa shape index (κ2) is 5.38. The lowest BCUT2D eigenvalue weighted by Gasteiger charge is -2.27. The first-order chi connectivity index (χ1) is 8.09. The predicted molar refractivity (Wildman–Crippen MR) is 69.7 cm³/mol. The monoisotopic (exact) mass is 238 g/mol. The summed E-state index contributed by atoms with van der Waals surface area (Å²) in [6.07, 6.45) is 3.58. The molecule has 2 unspecified atom stereocenters. The van der Waals surface area contributed by atoms with Gasteiger partial charge in [0.25, 0.3) is 0 Å². The van der Waals surface area contributed by atoms with E-state index in [1.807, 2.05) is 0 Å². The van der Waals surface area contributed by atoms with Gasteiger partial charge < -0.3 is 10.2 Å². The fourth-order valence-electron chi connectivity index (χ4n) is 2.61. The number of nitrogens with one attached hydrogen (secondary N) is 1. The van der Waals surface area contributed by atoms with E-state index in [1.54, 1.807) is 0 Å². The highest BCUT2D eigenvalue weighted by Gasteiger charge is 2.38. The third kappa shape index (κ3) is 3.21. The summed E-state index contributed by atoms with van der Waals surface area (Å²) in [6, 6.07) is 0.564. The van der Waals surface area contributed by atoms with Crippen LogP contribution in [0.5, 0.6) is 0 Å². The SMILES string of the molecule is CC(C)CCN(C(=O)C1CNCC1C)C1CC1. The average Bonchev–Trinajstić information content (AvgIpc) is 3.00. The van der Waals surface area contributed by atoms with Crippen molar-refractivity contribution < 1.29 is 4.79 Å². The van der Waals surface area contributed by atoms with Crippen LogP contribution in [0.1, 0.15) is 40.0 Å². The molecule has 2 fully saturated rings. The van der Waals surface area contributed by atoms with Crippen LogP contribution in [0.3, 0.4) is 0 Å². The van der Waals surface area contributed by atoms with Crippen molar-refractivity contribution in [3.63, 3.8) is 0 Å². The average molecular weight is 238 g/mol. The van der Waals surface area contributed by atoms with Crippen LogP contribution in [0, 0.1) is 17.8 Å². The fourth-order valence-corrected chi connectivity index (χ4v) is 2.61. The molecule has 0 aromatic carbocycles. The van der Waals surface area contributed by atoms with Gasteiger partial charge in [0.1, 0.15) is 0 Å². The molecule has 1 heterocycles. The molecule has 0 aromatic rings. The molecule has 1 aliphatic carbocycles. The molecule has 0 radical (unpaired) electrons. The Morgan fingerprint density at radius 1 is 1.35 bits per heavy atom.